The van der Waals surface area contributed by atoms with Gasteiger partial charge in [0.2, 0.25) is 0 Å². The average molecular weight is 351 g/mol. The normalized spacial score (nSPS) is 10.6. The molecule has 2 nitrogen and oxygen atoms in total. The van der Waals surface area contributed by atoms with Gasteiger partial charge in [0.1, 0.15) is 11.5 Å². The predicted molar refractivity (Wildman–Crippen MR) is 67.3 cm³/mol. The molecule has 78 valence electrons. The van der Waals surface area contributed by atoms with Crippen molar-refractivity contribution in [2.45, 2.75) is 5.33 Å². The van der Waals surface area contributed by atoms with E-state index in [4.69, 9.17) is 16.1 Å². The van der Waals surface area contributed by atoms with Crippen molar-refractivity contribution in [1.82, 2.24) is 5.16 Å². The smallest absolute Gasteiger partial charge is 0.147 e. The number of hydrogen-bond donors (Lipinski definition) is 0. The van der Waals surface area contributed by atoms with Crippen LogP contribution in [0.3, 0.4) is 0 Å². The van der Waals surface area contributed by atoms with E-state index in [1.807, 2.05) is 24.3 Å². The molecule has 0 atom stereocenters. The van der Waals surface area contributed by atoms with Crippen molar-refractivity contribution in [2.75, 3.05) is 0 Å². The van der Waals surface area contributed by atoms with Crippen LogP contribution in [0.5, 0.6) is 0 Å². The van der Waals surface area contributed by atoms with E-state index in [-0.39, 0.29) is 0 Å². The second-order valence-electron chi connectivity index (χ2n) is 2.97. The Balaban J connectivity index is 2.44. The zero-order chi connectivity index (χ0) is 10.8. The van der Waals surface area contributed by atoms with Gasteiger partial charge in [-0.15, -0.1) is 0 Å². The van der Waals surface area contributed by atoms with Crippen LogP contribution in [0.1, 0.15) is 5.76 Å². The number of alkyl halides is 1. The first-order valence-electron chi connectivity index (χ1n) is 4.17. The lowest BCUT2D eigenvalue weighted by molar-refractivity contribution is 0.398. The topological polar surface area (TPSA) is 26.0 Å². The quantitative estimate of drug-likeness (QED) is 0.736. The van der Waals surface area contributed by atoms with Crippen molar-refractivity contribution in [3.63, 3.8) is 0 Å². The number of aromatic nitrogens is 1. The number of rotatable bonds is 2. The first kappa shape index (κ1) is 11.2. The standard InChI is InChI=1S/C10H6Br2ClNO/c11-5-9-4-10(14-15-9)6-1-7(12)3-8(13)2-6/h1-4H,5H2. The van der Waals surface area contributed by atoms with E-state index in [0.717, 1.165) is 21.5 Å². The largest absolute Gasteiger partial charge is 0.360 e. The summed E-state index contributed by atoms with van der Waals surface area (Å²) in [5.74, 6) is 0.793. The highest BCUT2D eigenvalue weighted by Gasteiger charge is 2.07. The van der Waals surface area contributed by atoms with E-state index in [1.54, 1.807) is 0 Å². The lowest BCUT2D eigenvalue weighted by Gasteiger charge is -1.98. The van der Waals surface area contributed by atoms with Crippen LogP contribution in [-0.2, 0) is 5.33 Å². The molecule has 2 rings (SSSR count). The van der Waals surface area contributed by atoms with Crippen molar-refractivity contribution < 1.29 is 4.52 Å². The fourth-order valence-electron chi connectivity index (χ4n) is 1.21. The minimum absolute atomic E-state index is 0.654. The Morgan fingerprint density at radius 3 is 2.67 bits per heavy atom. The van der Waals surface area contributed by atoms with Gasteiger partial charge in [0.05, 0.1) is 5.33 Å². The number of benzene rings is 1. The van der Waals surface area contributed by atoms with Gasteiger partial charge in [0.15, 0.2) is 0 Å². The summed E-state index contributed by atoms with van der Waals surface area (Å²) < 4.78 is 6.02. The third-order valence-corrected chi connectivity index (χ3v) is 3.08. The van der Waals surface area contributed by atoms with Crippen LogP contribution in [0.2, 0.25) is 5.02 Å². The molecule has 5 heteroatoms. The summed E-state index contributed by atoms with van der Waals surface area (Å²) >= 11 is 12.6. The number of hydrogen-bond acceptors (Lipinski definition) is 2. The molecule has 0 unspecified atom stereocenters. The minimum atomic E-state index is 0.654. The van der Waals surface area contributed by atoms with E-state index in [2.05, 4.69) is 37.0 Å². The Morgan fingerprint density at radius 2 is 2.07 bits per heavy atom. The van der Waals surface area contributed by atoms with E-state index in [1.165, 1.54) is 0 Å². The molecule has 0 amide bonds. The summed E-state index contributed by atoms with van der Waals surface area (Å²) in [7, 11) is 0. The van der Waals surface area contributed by atoms with Gasteiger partial charge in [-0.05, 0) is 18.2 Å². The SMILES string of the molecule is Clc1cc(Br)cc(-c2cc(CBr)on2)c1. The summed E-state index contributed by atoms with van der Waals surface area (Å²) in [6.45, 7) is 0. The van der Waals surface area contributed by atoms with Crippen LogP contribution in [0.25, 0.3) is 11.3 Å². The molecular formula is C10H6Br2ClNO. The third-order valence-electron chi connectivity index (χ3n) is 1.85. The lowest BCUT2D eigenvalue weighted by atomic mass is 10.1. The van der Waals surface area contributed by atoms with E-state index < -0.39 is 0 Å². The summed E-state index contributed by atoms with van der Waals surface area (Å²) in [5, 5.41) is 5.28. The summed E-state index contributed by atoms with van der Waals surface area (Å²) in [6.07, 6.45) is 0. The second kappa shape index (κ2) is 4.68. The molecule has 0 saturated carbocycles. The molecule has 0 N–H and O–H groups in total. The van der Waals surface area contributed by atoms with Gasteiger partial charge < -0.3 is 4.52 Å². The second-order valence-corrected chi connectivity index (χ2v) is 4.88. The van der Waals surface area contributed by atoms with E-state index >= 15 is 0 Å². The summed E-state index contributed by atoms with van der Waals surface area (Å²) in [5.41, 5.74) is 1.72. The van der Waals surface area contributed by atoms with Gasteiger partial charge >= 0.3 is 0 Å². The average Bonchev–Trinajstić information content (AvgIpc) is 2.64. The van der Waals surface area contributed by atoms with E-state index in [0.29, 0.717) is 10.4 Å². The van der Waals surface area contributed by atoms with Gasteiger partial charge in [0, 0.05) is 21.1 Å². The number of nitrogens with zero attached hydrogens (tertiary/aromatic N) is 1. The van der Waals surface area contributed by atoms with Crippen molar-refractivity contribution in [3.05, 3.63) is 39.5 Å². The Hall–Kier alpha value is -0.320. The zero-order valence-electron chi connectivity index (χ0n) is 7.51. The maximum absolute atomic E-state index is 5.94. The summed E-state index contributed by atoms with van der Waals surface area (Å²) in [4.78, 5) is 0. The maximum Gasteiger partial charge on any atom is 0.147 e. The minimum Gasteiger partial charge on any atom is -0.360 e. The molecule has 2 aromatic rings. The van der Waals surface area contributed by atoms with Crippen LogP contribution in [0.15, 0.2) is 33.3 Å². The molecule has 0 aliphatic rings. The summed E-state index contributed by atoms with van der Waals surface area (Å²) in [6, 6.07) is 7.51. The first-order valence-corrected chi connectivity index (χ1v) is 6.46. The van der Waals surface area contributed by atoms with E-state index in [9.17, 15) is 0 Å². The highest BCUT2D eigenvalue weighted by Crippen LogP contribution is 2.27. The van der Waals surface area contributed by atoms with Crippen molar-refractivity contribution in [2.24, 2.45) is 0 Å². The zero-order valence-corrected chi connectivity index (χ0v) is 11.4. The van der Waals surface area contributed by atoms with Crippen LogP contribution >= 0.6 is 43.5 Å². The third kappa shape index (κ3) is 2.62. The molecule has 0 aliphatic carbocycles. The predicted octanol–water partition coefficient (Wildman–Crippen LogP) is 4.65. The monoisotopic (exact) mass is 349 g/mol. The molecule has 0 spiro atoms. The van der Waals surface area contributed by atoms with Gasteiger partial charge in [0.25, 0.3) is 0 Å². The molecule has 1 aromatic carbocycles. The van der Waals surface area contributed by atoms with Gasteiger partial charge in [-0.25, -0.2) is 0 Å². The highest BCUT2D eigenvalue weighted by molar-refractivity contribution is 9.10. The highest BCUT2D eigenvalue weighted by atomic mass is 79.9. The molecule has 0 aliphatic heterocycles. The Kier molecular flexibility index (Phi) is 3.49. The maximum atomic E-state index is 5.94. The molecule has 1 heterocycles. The Bertz CT molecular complexity index is 464. The fraction of sp³-hybridized carbons (Fsp3) is 0.100. The van der Waals surface area contributed by atoms with Crippen molar-refractivity contribution in [3.8, 4) is 11.3 Å². The van der Waals surface area contributed by atoms with Gasteiger partial charge in [-0.3, -0.25) is 0 Å². The molecule has 0 fully saturated rings. The van der Waals surface area contributed by atoms with Gasteiger partial charge in [-0.1, -0.05) is 48.6 Å². The first-order chi connectivity index (χ1) is 7.19. The molecule has 15 heavy (non-hydrogen) atoms. The molecule has 0 bridgehead atoms. The molecule has 1 aromatic heterocycles. The van der Waals surface area contributed by atoms with Gasteiger partial charge in [-0.2, -0.15) is 0 Å². The van der Waals surface area contributed by atoms with Crippen molar-refractivity contribution >= 4 is 43.5 Å². The van der Waals surface area contributed by atoms with Crippen LogP contribution in [0, 0.1) is 0 Å². The molecule has 0 saturated heterocycles. The Labute approximate surface area is 109 Å². The molecule has 0 radical (unpaired) electrons. The molecular weight excluding hydrogens is 345 g/mol. The fourth-order valence-corrected chi connectivity index (χ4v) is 2.34. The van der Waals surface area contributed by atoms with Crippen LogP contribution in [-0.4, -0.2) is 5.16 Å². The van der Waals surface area contributed by atoms with Crippen LogP contribution in [0.4, 0.5) is 0 Å². The van der Waals surface area contributed by atoms with Crippen LogP contribution < -0.4 is 0 Å². The Morgan fingerprint density at radius 1 is 1.27 bits per heavy atom. The lowest BCUT2D eigenvalue weighted by Crippen LogP contribution is -1.77. The van der Waals surface area contributed by atoms with Crippen molar-refractivity contribution in [1.29, 1.82) is 0 Å². The number of halogens is 3.